The molecule has 124 valence electrons. The molecule has 1 aromatic carbocycles. The van der Waals surface area contributed by atoms with E-state index in [0.29, 0.717) is 5.75 Å². The molecule has 0 fully saturated rings. The molecule has 0 amide bonds. The third-order valence-corrected chi connectivity index (χ3v) is 3.81. The molecule has 0 aromatic heterocycles. The molecule has 0 saturated heterocycles. The number of rotatable bonds is 11. The van der Waals surface area contributed by atoms with Crippen LogP contribution in [0.2, 0.25) is 0 Å². The Hall–Kier alpha value is -1.51. The minimum absolute atomic E-state index is 0.0101. The fourth-order valence-corrected chi connectivity index (χ4v) is 2.04. The fraction of sp³-hybridized carbons (Fsp3) is 0.632. The van der Waals surface area contributed by atoms with Gasteiger partial charge in [0, 0.05) is 0 Å². The maximum Gasteiger partial charge on any atom is 0.172 e. The van der Waals surface area contributed by atoms with Gasteiger partial charge >= 0.3 is 0 Å². The molecule has 0 heterocycles. The summed E-state index contributed by atoms with van der Waals surface area (Å²) in [5, 5.41) is 0. The second-order valence-corrected chi connectivity index (χ2v) is 6.26. The van der Waals surface area contributed by atoms with Crippen molar-refractivity contribution >= 4 is 5.78 Å². The van der Waals surface area contributed by atoms with Crippen molar-refractivity contribution in [2.75, 3.05) is 6.61 Å². The lowest BCUT2D eigenvalue weighted by atomic mass is 10.1. The Kier molecular flexibility index (Phi) is 8.00. The first-order valence-electron chi connectivity index (χ1n) is 8.38. The van der Waals surface area contributed by atoms with Gasteiger partial charge in [-0.1, -0.05) is 39.0 Å². The van der Waals surface area contributed by atoms with Crippen molar-refractivity contribution in [1.29, 1.82) is 0 Å². The largest absolute Gasteiger partial charge is 0.494 e. The predicted octanol–water partition coefficient (Wildman–Crippen LogP) is 5.17. The highest BCUT2D eigenvalue weighted by atomic mass is 16.5. The predicted molar refractivity (Wildman–Crippen MR) is 90.7 cm³/mol. The Morgan fingerprint density at radius 2 is 1.50 bits per heavy atom. The number of unbranched alkanes of at least 4 members (excludes halogenated alkanes) is 5. The minimum atomic E-state index is -0.791. The van der Waals surface area contributed by atoms with E-state index in [1.54, 1.807) is 13.8 Å². The van der Waals surface area contributed by atoms with Gasteiger partial charge in [0.1, 0.15) is 11.5 Å². The normalized spacial score (nSPS) is 11.3. The summed E-state index contributed by atoms with van der Waals surface area (Å²) in [6.07, 6.45) is 7.57. The number of hydrogen-bond acceptors (Lipinski definition) is 3. The monoisotopic (exact) mass is 306 g/mol. The van der Waals surface area contributed by atoms with Crippen LogP contribution in [0.3, 0.4) is 0 Å². The van der Waals surface area contributed by atoms with Gasteiger partial charge in [-0.15, -0.1) is 0 Å². The van der Waals surface area contributed by atoms with Crippen LogP contribution in [0.5, 0.6) is 11.5 Å². The topological polar surface area (TPSA) is 35.5 Å². The van der Waals surface area contributed by atoms with E-state index in [1.165, 1.54) is 39.0 Å². The molecule has 1 aromatic rings. The number of benzene rings is 1. The van der Waals surface area contributed by atoms with Crippen LogP contribution in [-0.4, -0.2) is 18.0 Å². The highest BCUT2D eigenvalue weighted by Gasteiger charge is 2.25. The molecule has 0 aliphatic rings. The van der Waals surface area contributed by atoms with Crippen molar-refractivity contribution in [3.05, 3.63) is 24.3 Å². The number of ketones is 1. The molecule has 0 atom stereocenters. The summed E-state index contributed by atoms with van der Waals surface area (Å²) in [6, 6.07) is 7.48. The van der Waals surface area contributed by atoms with Crippen LogP contribution in [0.4, 0.5) is 0 Å². The van der Waals surface area contributed by atoms with E-state index < -0.39 is 5.60 Å². The summed E-state index contributed by atoms with van der Waals surface area (Å²) >= 11 is 0. The number of ether oxygens (including phenoxy) is 2. The third kappa shape index (κ3) is 6.97. The average Bonchev–Trinajstić information content (AvgIpc) is 2.47. The van der Waals surface area contributed by atoms with E-state index in [1.807, 2.05) is 24.3 Å². The fourth-order valence-electron chi connectivity index (χ4n) is 2.04. The summed E-state index contributed by atoms with van der Waals surface area (Å²) in [5.74, 6) is 1.55. The lowest BCUT2D eigenvalue weighted by molar-refractivity contribution is -0.129. The Labute approximate surface area is 135 Å². The zero-order chi connectivity index (χ0) is 16.4. The van der Waals surface area contributed by atoms with Crippen LogP contribution < -0.4 is 9.47 Å². The summed E-state index contributed by atoms with van der Waals surface area (Å²) in [4.78, 5) is 11.5. The smallest absolute Gasteiger partial charge is 0.172 e. The molecule has 0 N–H and O–H groups in total. The van der Waals surface area contributed by atoms with Crippen LogP contribution in [0.15, 0.2) is 24.3 Å². The van der Waals surface area contributed by atoms with Gasteiger partial charge in [0.15, 0.2) is 11.4 Å². The number of carbonyl (C=O) groups excluding carboxylic acids is 1. The molecule has 0 unspecified atom stereocenters. The van der Waals surface area contributed by atoms with Gasteiger partial charge in [0.05, 0.1) is 6.61 Å². The highest BCUT2D eigenvalue weighted by Crippen LogP contribution is 2.22. The van der Waals surface area contributed by atoms with Gasteiger partial charge in [-0.3, -0.25) is 4.79 Å². The van der Waals surface area contributed by atoms with Gasteiger partial charge in [-0.25, -0.2) is 0 Å². The van der Waals surface area contributed by atoms with Crippen molar-refractivity contribution in [1.82, 2.24) is 0 Å². The first-order valence-corrected chi connectivity index (χ1v) is 8.38. The number of hydrogen-bond donors (Lipinski definition) is 0. The molecule has 3 heteroatoms. The van der Waals surface area contributed by atoms with E-state index in [2.05, 4.69) is 6.92 Å². The van der Waals surface area contributed by atoms with Crippen LogP contribution in [0.1, 0.15) is 66.2 Å². The van der Waals surface area contributed by atoms with Gasteiger partial charge in [-0.05, 0) is 51.5 Å². The van der Waals surface area contributed by atoms with Crippen molar-refractivity contribution in [3.63, 3.8) is 0 Å². The van der Waals surface area contributed by atoms with Gasteiger partial charge in [0.2, 0.25) is 0 Å². The molecule has 3 nitrogen and oxygen atoms in total. The van der Waals surface area contributed by atoms with Gasteiger partial charge < -0.3 is 9.47 Å². The Balaban J connectivity index is 2.29. The lowest BCUT2D eigenvalue weighted by Gasteiger charge is -2.23. The van der Waals surface area contributed by atoms with Crippen LogP contribution in [0.25, 0.3) is 0 Å². The third-order valence-electron chi connectivity index (χ3n) is 3.81. The lowest BCUT2D eigenvalue weighted by Crippen LogP contribution is -2.36. The zero-order valence-electron chi connectivity index (χ0n) is 14.5. The van der Waals surface area contributed by atoms with E-state index in [4.69, 9.17) is 9.47 Å². The first kappa shape index (κ1) is 18.5. The second-order valence-electron chi connectivity index (χ2n) is 6.26. The van der Waals surface area contributed by atoms with E-state index >= 15 is 0 Å². The maximum atomic E-state index is 11.5. The van der Waals surface area contributed by atoms with E-state index in [9.17, 15) is 4.79 Å². The molecule has 22 heavy (non-hydrogen) atoms. The summed E-state index contributed by atoms with van der Waals surface area (Å²) < 4.78 is 11.4. The molecule has 1 rings (SSSR count). The maximum absolute atomic E-state index is 11.5. The molecule has 0 aliphatic heterocycles. The van der Waals surface area contributed by atoms with E-state index in [0.717, 1.165) is 18.8 Å². The molecule has 0 spiro atoms. The van der Waals surface area contributed by atoms with E-state index in [-0.39, 0.29) is 5.78 Å². The van der Waals surface area contributed by atoms with Crippen molar-refractivity contribution < 1.29 is 14.3 Å². The van der Waals surface area contributed by atoms with Gasteiger partial charge in [-0.2, -0.15) is 0 Å². The molecular weight excluding hydrogens is 276 g/mol. The van der Waals surface area contributed by atoms with Crippen molar-refractivity contribution in [3.8, 4) is 11.5 Å². The van der Waals surface area contributed by atoms with Crippen molar-refractivity contribution in [2.24, 2.45) is 0 Å². The summed E-state index contributed by atoms with van der Waals surface area (Å²) in [5.41, 5.74) is -0.791. The second kappa shape index (κ2) is 9.50. The highest BCUT2D eigenvalue weighted by molar-refractivity contribution is 5.84. The molecule has 0 bridgehead atoms. The van der Waals surface area contributed by atoms with Crippen LogP contribution in [-0.2, 0) is 4.79 Å². The Morgan fingerprint density at radius 1 is 0.955 bits per heavy atom. The molecule has 0 aliphatic carbocycles. The molecule has 0 radical (unpaired) electrons. The van der Waals surface area contributed by atoms with Crippen LogP contribution >= 0.6 is 0 Å². The Bertz CT molecular complexity index is 434. The molecular formula is C19H30O3. The zero-order valence-corrected chi connectivity index (χ0v) is 14.5. The Morgan fingerprint density at radius 3 is 2.09 bits per heavy atom. The summed E-state index contributed by atoms with van der Waals surface area (Å²) in [6.45, 7) is 8.08. The molecule has 0 saturated carbocycles. The summed E-state index contributed by atoms with van der Waals surface area (Å²) in [7, 11) is 0. The number of carbonyl (C=O) groups is 1. The SMILES string of the molecule is CCCCCCCCOc1ccc(OC(C)(C)C(C)=O)cc1. The average molecular weight is 306 g/mol. The van der Waals surface area contributed by atoms with Crippen LogP contribution in [0, 0.1) is 0 Å². The minimum Gasteiger partial charge on any atom is -0.494 e. The standard InChI is InChI=1S/C19H30O3/c1-5-6-7-8-9-10-15-21-17-11-13-18(14-12-17)22-19(3,4)16(2)20/h11-14H,5-10,15H2,1-4H3. The quantitative estimate of drug-likeness (QED) is 0.529. The van der Waals surface area contributed by atoms with Crippen molar-refractivity contribution in [2.45, 2.75) is 71.8 Å². The van der Waals surface area contributed by atoms with Gasteiger partial charge in [0.25, 0.3) is 0 Å². The number of Topliss-reactive ketones (excluding diaryl/α,β-unsaturated/α-hetero) is 1. The first-order chi connectivity index (χ1) is 10.5.